The highest BCUT2D eigenvalue weighted by molar-refractivity contribution is 7.91. The molecule has 1 aliphatic rings. The number of fused-ring (bicyclic) bond motifs is 1. The number of hydrogen-bond acceptors (Lipinski definition) is 6. The van der Waals surface area contributed by atoms with Gasteiger partial charge in [-0.05, 0) is 60.0 Å². The number of nitrogens with one attached hydrogen (secondary N) is 2. The van der Waals surface area contributed by atoms with Gasteiger partial charge in [-0.2, -0.15) is 0 Å². The molecular weight excluding hydrogens is 414 g/mol. The maximum absolute atomic E-state index is 12.9. The van der Waals surface area contributed by atoms with E-state index in [2.05, 4.69) is 15.6 Å². The summed E-state index contributed by atoms with van der Waals surface area (Å²) in [5, 5.41) is 6.09. The molecule has 8 heteroatoms. The van der Waals surface area contributed by atoms with Crippen molar-refractivity contribution in [3.8, 4) is 5.75 Å². The van der Waals surface area contributed by atoms with Gasteiger partial charge in [-0.25, -0.2) is 8.42 Å². The predicted octanol–water partition coefficient (Wildman–Crippen LogP) is 2.88. The van der Waals surface area contributed by atoms with Gasteiger partial charge in [0.1, 0.15) is 11.8 Å². The average Bonchev–Trinajstić information content (AvgIpc) is 3.22. The number of methoxy groups -OCH3 is 1. The summed E-state index contributed by atoms with van der Waals surface area (Å²) in [4.78, 5) is 17.0. The maximum Gasteiger partial charge on any atom is 0.243 e. The Morgan fingerprint density at radius 1 is 1.16 bits per heavy atom. The Balaban J connectivity index is 1.40. The van der Waals surface area contributed by atoms with E-state index in [4.69, 9.17) is 4.74 Å². The molecule has 0 saturated heterocycles. The standard InChI is InChI=1S/C23H23N3O4S/c1-15-11-19(7-8-22(15)30-2)31(28,29)18-5-3-16(4-6-18)13-25-23(27)21-12-17-14-24-10-9-20(17)26-21/h3-11,14,21,26H,12-13H2,1-2H3,(H,25,27). The lowest BCUT2D eigenvalue weighted by Gasteiger charge is -2.12. The number of sulfone groups is 1. The molecular formula is C23H23N3O4S. The summed E-state index contributed by atoms with van der Waals surface area (Å²) in [5.74, 6) is 0.530. The summed E-state index contributed by atoms with van der Waals surface area (Å²) in [6, 6.07) is 12.9. The van der Waals surface area contributed by atoms with Gasteiger partial charge in [-0.15, -0.1) is 0 Å². The van der Waals surface area contributed by atoms with Crippen molar-refractivity contribution in [1.29, 1.82) is 0 Å². The second-order valence-corrected chi connectivity index (χ2v) is 9.38. The van der Waals surface area contributed by atoms with Gasteiger partial charge in [-0.3, -0.25) is 9.78 Å². The van der Waals surface area contributed by atoms with Crippen LogP contribution < -0.4 is 15.4 Å². The molecule has 0 spiro atoms. The number of aryl methyl sites for hydroxylation is 1. The molecule has 1 amide bonds. The summed E-state index contributed by atoms with van der Waals surface area (Å²) in [6.45, 7) is 2.12. The van der Waals surface area contributed by atoms with Gasteiger partial charge in [0.05, 0.1) is 16.9 Å². The lowest BCUT2D eigenvalue weighted by Crippen LogP contribution is -2.38. The van der Waals surface area contributed by atoms with Crippen LogP contribution in [0, 0.1) is 6.92 Å². The number of benzene rings is 2. The van der Waals surface area contributed by atoms with Crippen LogP contribution in [0.15, 0.2) is 70.7 Å². The quantitative estimate of drug-likeness (QED) is 0.616. The van der Waals surface area contributed by atoms with E-state index in [1.807, 2.05) is 6.07 Å². The largest absolute Gasteiger partial charge is 0.496 e. The number of pyridine rings is 1. The minimum absolute atomic E-state index is 0.110. The molecule has 0 fully saturated rings. The molecule has 31 heavy (non-hydrogen) atoms. The molecule has 2 heterocycles. The van der Waals surface area contributed by atoms with E-state index < -0.39 is 9.84 Å². The van der Waals surface area contributed by atoms with E-state index in [9.17, 15) is 13.2 Å². The van der Waals surface area contributed by atoms with Gasteiger partial charge in [0.2, 0.25) is 15.7 Å². The fourth-order valence-corrected chi connectivity index (χ4v) is 4.95. The van der Waals surface area contributed by atoms with Gasteiger partial charge < -0.3 is 15.4 Å². The molecule has 160 valence electrons. The van der Waals surface area contributed by atoms with Gasteiger partial charge in [-0.1, -0.05) is 12.1 Å². The Morgan fingerprint density at radius 2 is 1.90 bits per heavy atom. The fraction of sp³-hybridized carbons (Fsp3) is 0.217. The normalized spacial score (nSPS) is 15.1. The monoisotopic (exact) mass is 437 g/mol. The van der Waals surface area contributed by atoms with E-state index in [1.54, 1.807) is 62.8 Å². The second kappa shape index (κ2) is 8.39. The van der Waals surface area contributed by atoms with Gasteiger partial charge in [0.15, 0.2) is 0 Å². The molecule has 0 aliphatic carbocycles. The molecule has 2 N–H and O–H groups in total. The zero-order valence-corrected chi connectivity index (χ0v) is 18.1. The highest BCUT2D eigenvalue weighted by Gasteiger charge is 2.26. The van der Waals surface area contributed by atoms with Gasteiger partial charge in [0, 0.05) is 31.0 Å². The van der Waals surface area contributed by atoms with Crippen molar-refractivity contribution in [2.24, 2.45) is 0 Å². The number of amides is 1. The molecule has 7 nitrogen and oxygen atoms in total. The SMILES string of the molecule is COc1ccc(S(=O)(=O)c2ccc(CNC(=O)C3Cc4cnccc4N3)cc2)cc1C. The highest BCUT2D eigenvalue weighted by atomic mass is 32.2. The van der Waals surface area contributed by atoms with Crippen LogP contribution in [-0.4, -0.2) is 32.5 Å². The van der Waals surface area contributed by atoms with E-state index in [-0.39, 0.29) is 21.7 Å². The first-order valence-electron chi connectivity index (χ1n) is 9.84. The third-order valence-electron chi connectivity index (χ3n) is 5.35. The summed E-state index contributed by atoms with van der Waals surface area (Å²) in [6.07, 6.45) is 4.04. The molecule has 1 atom stereocenters. The highest BCUT2D eigenvalue weighted by Crippen LogP contribution is 2.27. The van der Waals surface area contributed by atoms with Crippen LogP contribution in [0.3, 0.4) is 0 Å². The summed E-state index contributed by atoms with van der Waals surface area (Å²) >= 11 is 0. The smallest absolute Gasteiger partial charge is 0.243 e. The lowest BCUT2D eigenvalue weighted by atomic mass is 10.1. The van der Waals surface area contributed by atoms with Crippen molar-refractivity contribution in [3.05, 3.63) is 77.6 Å². The van der Waals surface area contributed by atoms with Crippen LogP contribution >= 0.6 is 0 Å². The topological polar surface area (TPSA) is 97.4 Å². The van der Waals surface area contributed by atoms with E-state index in [1.165, 1.54) is 6.07 Å². The number of nitrogens with zero attached hydrogens (tertiary/aromatic N) is 1. The van der Waals surface area contributed by atoms with Crippen LogP contribution in [0.2, 0.25) is 0 Å². The third-order valence-corrected chi connectivity index (χ3v) is 7.12. The molecule has 3 aromatic rings. The minimum Gasteiger partial charge on any atom is -0.496 e. The van der Waals surface area contributed by atoms with Crippen molar-refractivity contribution in [2.75, 3.05) is 12.4 Å². The summed E-state index contributed by atoms with van der Waals surface area (Å²) in [7, 11) is -2.09. The van der Waals surface area contributed by atoms with Crippen LogP contribution in [0.25, 0.3) is 0 Å². The zero-order valence-electron chi connectivity index (χ0n) is 17.3. The first kappa shape index (κ1) is 20.9. The lowest BCUT2D eigenvalue weighted by molar-refractivity contribution is -0.121. The number of ether oxygens (including phenoxy) is 1. The molecule has 2 aromatic carbocycles. The molecule has 0 saturated carbocycles. The van der Waals surface area contributed by atoms with Crippen molar-refractivity contribution in [3.63, 3.8) is 0 Å². The number of hydrogen-bond donors (Lipinski definition) is 2. The minimum atomic E-state index is -3.64. The third kappa shape index (κ3) is 4.25. The molecule has 4 rings (SSSR count). The number of aromatic nitrogens is 1. The van der Waals surface area contributed by atoms with Gasteiger partial charge >= 0.3 is 0 Å². The Hall–Kier alpha value is -3.39. The first-order valence-corrected chi connectivity index (χ1v) is 11.3. The Morgan fingerprint density at radius 3 is 2.58 bits per heavy atom. The fourth-order valence-electron chi connectivity index (χ4n) is 3.60. The molecule has 0 bridgehead atoms. The zero-order chi connectivity index (χ0) is 22.0. The number of carbonyl (C=O) groups is 1. The van der Waals surface area contributed by atoms with Crippen LogP contribution in [0.1, 0.15) is 16.7 Å². The molecule has 0 radical (unpaired) electrons. The molecule has 1 unspecified atom stereocenters. The van der Waals surface area contributed by atoms with Crippen LogP contribution in [0.4, 0.5) is 5.69 Å². The first-order chi connectivity index (χ1) is 14.9. The van der Waals surface area contributed by atoms with Crippen molar-refractivity contribution < 1.29 is 17.9 Å². The van der Waals surface area contributed by atoms with Crippen LogP contribution in [-0.2, 0) is 27.6 Å². The number of anilines is 1. The predicted molar refractivity (Wildman–Crippen MR) is 117 cm³/mol. The van der Waals surface area contributed by atoms with E-state index >= 15 is 0 Å². The van der Waals surface area contributed by atoms with Crippen molar-refractivity contribution >= 4 is 21.4 Å². The van der Waals surface area contributed by atoms with Gasteiger partial charge in [0.25, 0.3) is 0 Å². The molecule has 1 aliphatic heterocycles. The average molecular weight is 438 g/mol. The second-order valence-electron chi connectivity index (χ2n) is 7.43. The molecule has 1 aromatic heterocycles. The van der Waals surface area contributed by atoms with Crippen molar-refractivity contribution in [2.45, 2.75) is 35.7 Å². The number of carbonyl (C=O) groups excluding carboxylic acids is 1. The summed E-state index contributed by atoms with van der Waals surface area (Å²) < 4.78 is 31.0. The van der Waals surface area contributed by atoms with E-state index in [0.717, 1.165) is 22.4 Å². The maximum atomic E-state index is 12.9. The number of rotatable bonds is 6. The summed E-state index contributed by atoms with van der Waals surface area (Å²) in [5.41, 5.74) is 3.52. The Kier molecular flexibility index (Phi) is 5.65. The van der Waals surface area contributed by atoms with Crippen molar-refractivity contribution in [1.82, 2.24) is 10.3 Å². The van der Waals surface area contributed by atoms with Crippen LogP contribution in [0.5, 0.6) is 5.75 Å². The Bertz CT molecular complexity index is 1200. The Labute approximate surface area is 181 Å². The van der Waals surface area contributed by atoms with E-state index in [0.29, 0.717) is 18.7 Å².